The van der Waals surface area contributed by atoms with E-state index in [1.54, 1.807) is 0 Å². The van der Waals surface area contributed by atoms with Crippen LogP contribution in [0, 0.1) is 18.8 Å². The number of carbonyl (C=O) groups is 2. The van der Waals surface area contributed by atoms with Gasteiger partial charge < -0.3 is 10.6 Å². The Balaban J connectivity index is 1.47. The second kappa shape index (κ2) is 7.51. The molecule has 3 unspecified atom stereocenters. The van der Waals surface area contributed by atoms with Gasteiger partial charge in [-0.2, -0.15) is 0 Å². The van der Waals surface area contributed by atoms with Crippen molar-refractivity contribution in [3.63, 3.8) is 0 Å². The molecule has 4 heteroatoms. The molecule has 25 heavy (non-hydrogen) atoms. The van der Waals surface area contributed by atoms with Crippen molar-refractivity contribution in [2.24, 2.45) is 11.8 Å². The van der Waals surface area contributed by atoms with Crippen molar-refractivity contribution in [1.82, 2.24) is 10.6 Å². The first-order chi connectivity index (χ1) is 12.1. The Hall–Kier alpha value is -2.62. The summed E-state index contributed by atoms with van der Waals surface area (Å²) in [6.45, 7) is 4.50. The molecule has 0 bridgehead atoms. The SMILES string of the molecule is Cc1ccccc1CNC(=O)C1CC1C(=O)NC(C)c1ccccc1. The lowest BCUT2D eigenvalue weighted by atomic mass is 10.1. The summed E-state index contributed by atoms with van der Waals surface area (Å²) in [4.78, 5) is 24.6. The fraction of sp³-hybridized carbons (Fsp3) is 0.333. The molecule has 0 aliphatic heterocycles. The van der Waals surface area contributed by atoms with Gasteiger partial charge in [-0.15, -0.1) is 0 Å². The molecular weight excluding hydrogens is 312 g/mol. The van der Waals surface area contributed by atoms with Crippen molar-refractivity contribution in [3.05, 3.63) is 71.3 Å². The summed E-state index contributed by atoms with van der Waals surface area (Å²) >= 11 is 0. The van der Waals surface area contributed by atoms with E-state index in [4.69, 9.17) is 0 Å². The number of rotatable bonds is 6. The lowest BCUT2D eigenvalue weighted by Gasteiger charge is -2.14. The molecule has 3 atom stereocenters. The van der Waals surface area contributed by atoms with Gasteiger partial charge in [-0.3, -0.25) is 9.59 Å². The lowest BCUT2D eigenvalue weighted by Crippen LogP contribution is -2.31. The minimum absolute atomic E-state index is 0.0317. The van der Waals surface area contributed by atoms with Gasteiger partial charge in [-0.05, 0) is 37.0 Å². The average Bonchev–Trinajstić information content (AvgIpc) is 3.42. The molecule has 0 spiro atoms. The van der Waals surface area contributed by atoms with Crippen LogP contribution < -0.4 is 10.6 Å². The van der Waals surface area contributed by atoms with Crippen LogP contribution in [-0.2, 0) is 16.1 Å². The number of amides is 2. The highest BCUT2D eigenvalue weighted by atomic mass is 16.2. The maximum Gasteiger partial charge on any atom is 0.224 e. The van der Waals surface area contributed by atoms with E-state index in [-0.39, 0.29) is 29.7 Å². The molecule has 4 nitrogen and oxygen atoms in total. The van der Waals surface area contributed by atoms with Gasteiger partial charge in [0.1, 0.15) is 0 Å². The van der Waals surface area contributed by atoms with Gasteiger partial charge in [-0.1, -0.05) is 54.6 Å². The zero-order chi connectivity index (χ0) is 17.8. The molecule has 1 aliphatic rings. The Labute approximate surface area is 148 Å². The first-order valence-electron chi connectivity index (χ1n) is 8.74. The highest BCUT2D eigenvalue weighted by molar-refractivity contribution is 5.92. The molecule has 1 saturated carbocycles. The van der Waals surface area contributed by atoms with Crippen molar-refractivity contribution in [3.8, 4) is 0 Å². The summed E-state index contributed by atoms with van der Waals surface area (Å²) in [5, 5.41) is 5.96. The second-order valence-corrected chi connectivity index (χ2v) is 6.73. The van der Waals surface area contributed by atoms with Crippen molar-refractivity contribution in [1.29, 1.82) is 0 Å². The molecule has 0 saturated heterocycles. The van der Waals surface area contributed by atoms with Crippen LogP contribution in [0.15, 0.2) is 54.6 Å². The lowest BCUT2D eigenvalue weighted by molar-refractivity contribution is -0.127. The minimum Gasteiger partial charge on any atom is -0.352 e. The van der Waals surface area contributed by atoms with Gasteiger partial charge in [0.2, 0.25) is 11.8 Å². The minimum atomic E-state index is -0.206. The fourth-order valence-corrected chi connectivity index (χ4v) is 3.04. The van der Waals surface area contributed by atoms with Crippen LogP contribution in [0.5, 0.6) is 0 Å². The van der Waals surface area contributed by atoms with Crippen molar-refractivity contribution < 1.29 is 9.59 Å². The smallest absolute Gasteiger partial charge is 0.224 e. The third-order valence-corrected chi connectivity index (χ3v) is 4.84. The van der Waals surface area contributed by atoms with Crippen LogP contribution in [0.4, 0.5) is 0 Å². The Morgan fingerprint density at radius 1 is 1.00 bits per heavy atom. The average molecular weight is 336 g/mol. The largest absolute Gasteiger partial charge is 0.352 e. The molecule has 2 amide bonds. The second-order valence-electron chi connectivity index (χ2n) is 6.73. The third-order valence-electron chi connectivity index (χ3n) is 4.84. The quantitative estimate of drug-likeness (QED) is 0.851. The van der Waals surface area contributed by atoms with E-state index in [2.05, 4.69) is 10.6 Å². The Kier molecular flexibility index (Phi) is 5.17. The maximum atomic E-state index is 12.3. The van der Waals surface area contributed by atoms with E-state index < -0.39 is 0 Å². The molecule has 0 radical (unpaired) electrons. The van der Waals surface area contributed by atoms with Crippen LogP contribution in [0.2, 0.25) is 0 Å². The summed E-state index contributed by atoms with van der Waals surface area (Å²) in [6.07, 6.45) is 0.632. The highest BCUT2D eigenvalue weighted by Gasteiger charge is 2.48. The Bertz CT molecular complexity index is 758. The van der Waals surface area contributed by atoms with Crippen molar-refractivity contribution in [2.45, 2.75) is 32.9 Å². The van der Waals surface area contributed by atoms with E-state index in [1.807, 2.05) is 68.4 Å². The molecule has 0 heterocycles. The van der Waals surface area contributed by atoms with Gasteiger partial charge >= 0.3 is 0 Å². The normalized spacial score (nSPS) is 19.8. The third kappa shape index (κ3) is 4.27. The molecule has 2 aromatic carbocycles. The first-order valence-corrected chi connectivity index (χ1v) is 8.74. The number of hydrogen-bond donors (Lipinski definition) is 2. The monoisotopic (exact) mass is 336 g/mol. The van der Waals surface area contributed by atoms with Crippen molar-refractivity contribution in [2.75, 3.05) is 0 Å². The molecule has 2 N–H and O–H groups in total. The summed E-state index contributed by atoms with van der Waals surface area (Å²) in [5.74, 6) is -0.474. The van der Waals surface area contributed by atoms with Gasteiger partial charge in [-0.25, -0.2) is 0 Å². The number of benzene rings is 2. The van der Waals surface area contributed by atoms with E-state index in [0.29, 0.717) is 13.0 Å². The zero-order valence-corrected chi connectivity index (χ0v) is 14.7. The topological polar surface area (TPSA) is 58.2 Å². The molecule has 0 aromatic heterocycles. The number of aryl methyl sites for hydroxylation is 1. The zero-order valence-electron chi connectivity index (χ0n) is 14.7. The van der Waals surface area contributed by atoms with E-state index in [1.165, 1.54) is 0 Å². The molecule has 1 aliphatic carbocycles. The predicted octanol–water partition coefficient (Wildman–Crippen LogP) is 3.12. The van der Waals surface area contributed by atoms with Crippen LogP contribution in [-0.4, -0.2) is 11.8 Å². The number of nitrogens with one attached hydrogen (secondary N) is 2. The Morgan fingerprint density at radius 3 is 2.36 bits per heavy atom. The number of hydrogen-bond acceptors (Lipinski definition) is 2. The van der Waals surface area contributed by atoms with Crippen LogP contribution in [0.25, 0.3) is 0 Å². The van der Waals surface area contributed by atoms with E-state index in [0.717, 1.165) is 16.7 Å². The van der Waals surface area contributed by atoms with Gasteiger partial charge in [0.15, 0.2) is 0 Å². The molecule has 2 aromatic rings. The molecule has 1 fully saturated rings. The summed E-state index contributed by atoms with van der Waals surface area (Å²) < 4.78 is 0. The molecular formula is C21H24N2O2. The summed E-state index contributed by atoms with van der Waals surface area (Å²) in [6, 6.07) is 17.8. The van der Waals surface area contributed by atoms with Gasteiger partial charge in [0.05, 0.1) is 17.9 Å². The first kappa shape index (κ1) is 17.2. The highest BCUT2D eigenvalue weighted by Crippen LogP contribution is 2.39. The van der Waals surface area contributed by atoms with Crippen molar-refractivity contribution >= 4 is 11.8 Å². The standard InChI is InChI=1S/C21H24N2O2/c1-14-8-6-7-11-17(14)13-22-20(24)18-12-19(18)21(25)23-15(2)16-9-4-3-5-10-16/h3-11,15,18-19H,12-13H2,1-2H3,(H,22,24)(H,23,25). The fourth-order valence-electron chi connectivity index (χ4n) is 3.04. The van der Waals surface area contributed by atoms with Crippen LogP contribution in [0.1, 0.15) is 36.1 Å². The number of carbonyl (C=O) groups excluding carboxylic acids is 2. The van der Waals surface area contributed by atoms with Crippen LogP contribution in [0.3, 0.4) is 0 Å². The predicted molar refractivity (Wildman–Crippen MR) is 97.6 cm³/mol. The van der Waals surface area contributed by atoms with Crippen LogP contribution >= 0.6 is 0 Å². The van der Waals surface area contributed by atoms with Gasteiger partial charge in [0, 0.05) is 6.54 Å². The summed E-state index contributed by atoms with van der Waals surface area (Å²) in [5.41, 5.74) is 3.33. The molecule has 130 valence electrons. The van der Waals surface area contributed by atoms with Gasteiger partial charge in [0.25, 0.3) is 0 Å². The van der Waals surface area contributed by atoms with E-state index >= 15 is 0 Å². The Morgan fingerprint density at radius 2 is 1.64 bits per heavy atom. The maximum absolute atomic E-state index is 12.3. The summed E-state index contributed by atoms with van der Waals surface area (Å²) in [7, 11) is 0. The molecule has 3 rings (SSSR count). The van der Waals surface area contributed by atoms with E-state index in [9.17, 15) is 9.59 Å².